The minimum atomic E-state index is 0.00679. The second kappa shape index (κ2) is 13.0. The molecule has 0 aliphatic heterocycles. The zero-order valence-electron chi connectivity index (χ0n) is 31.4. The minimum Gasteiger partial charge on any atom is -0.456 e. The van der Waals surface area contributed by atoms with Gasteiger partial charge in [-0.2, -0.15) is 0 Å². The van der Waals surface area contributed by atoms with Gasteiger partial charge in [-0.05, 0) is 75.8 Å². The maximum absolute atomic E-state index is 6.72. The van der Waals surface area contributed by atoms with Crippen LogP contribution in [0.3, 0.4) is 0 Å². The second-order valence-corrected chi connectivity index (χ2v) is 15.2. The Balaban J connectivity index is 1.03. The van der Waals surface area contributed by atoms with Crippen molar-refractivity contribution in [2.24, 2.45) is 0 Å². The summed E-state index contributed by atoms with van der Waals surface area (Å²) in [6, 6.07) is 62.1. The molecule has 3 aromatic heterocycles. The number of furan rings is 1. The molecule has 1 unspecified atom stereocenters. The van der Waals surface area contributed by atoms with Gasteiger partial charge < -0.3 is 8.98 Å². The maximum Gasteiger partial charge on any atom is 0.164 e. The average Bonchev–Trinajstić information content (AvgIpc) is 3.84. The van der Waals surface area contributed by atoms with Crippen molar-refractivity contribution in [2.75, 3.05) is 0 Å². The van der Waals surface area contributed by atoms with Crippen molar-refractivity contribution in [3.63, 3.8) is 0 Å². The fourth-order valence-corrected chi connectivity index (χ4v) is 8.92. The molecule has 0 amide bonds. The predicted molar refractivity (Wildman–Crippen MR) is 237 cm³/mol. The van der Waals surface area contributed by atoms with Crippen molar-refractivity contribution in [3.8, 4) is 39.6 Å². The molecule has 0 spiro atoms. The monoisotopic (exact) mass is 742 g/mol. The zero-order valence-corrected chi connectivity index (χ0v) is 31.4. The normalized spacial score (nSPS) is 13.9. The maximum atomic E-state index is 6.72. The van der Waals surface area contributed by atoms with E-state index in [-0.39, 0.29) is 5.92 Å². The Morgan fingerprint density at radius 1 is 0.500 bits per heavy atom. The Bertz CT molecular complexity index is 3450. The van der Waals surface area contributed by atoms with Gasteiger partial charge in [0.1, 0.15) is 17.0 Å². The summed E-state index contributed by atoms with van der Waals surface area (Å²) in [6.45, 7) is 0. The van der Waals surface area contributed by atoms with E-state index in [1.807, 2.05) is 12.1 Å². The molecule has 0 bridgehead atoms. The van der Waals surface area contributed by atoms with E-state index < -0.39 is 0 Å². The molecule has 58 heavy (non-hydrogen) atoms. The fourth-order valence-electron chi connectivity index (χ4n) is 8.92. The van der Waals surface area contributed by atoms with Crippen molar-refractivity contribution in [2.45, 2.75) is 12.3 Å². The van der Waals surface area contributed by atoms with Crippen molar-refractivity contribution < 1.29 is 4.42 Å². The van der Waals surface area contributed by atoms with Gasteiger partial charge in [0, 0.05) is 50.3 Å². The number of hydrogen-bond acceptors (Lipinski definition) is 4. The summed E-state index contributed by atoms with van der Waals surface area (Å²) >= 11 is 0. The number of nitrogens with zero attached hydrogens (tertiary/aromatic N) is 4. The first-order valence-corrected chi connectivity index (χ1v) is 19.8. The SMILES string of the molecule is C1=CC(c2nc(-c3ccc4ccccc4c3)nc(-c3cccc4oc5cc(-n6c7ccccc7c7ccc(-c8ccccc8)cc76)ccc5c34)n2)Cc2ccccc21. The highest BCUT2D eigenvalue weighted by atomic mass is 16.3. The Kier molecular flexibility index (Phi) is 7.29. The zero-order chi connectivity index (χ0) is 38.2. The van der Waals surface area contributed by atoms with Gasteiger partial charge in [-0.25, -0.2) is 15.0 Å². The van der Waals surface area contributed by atoms with Crippen molar-refractivity contribution in [3.05, 3.63) is 199 Å². The molecule has 1 aliphatic carbocycles. The van der Waals surface area contributed by atoms with Gasteiger partial charge in [0.15, 0.2) is 11.6 Å². The number of fused-ring (bicyclic) bond motifs is 8. The van der Waals surface area contributed by atoms with Crippen LogP contribution in [0.15, 0.2) is 186 Å². The standard InChI is InChI=1S/C53H34N4O/c1-2-11-33(12-3-1)38-25-27-43-42-17-8-9-19-46(42)57(47(43)31-38)41-26-28-44-49(32-41)58-48-20-10-18-45(50(44)48)53-55-51(39-23-21-34-13-4-6-15-36(34)29-39)54-52(56-53)40-24-22-35-14-5-7-16-37(35)30-40/h1-29,31-32,40H,30H2. The molecule has 5 heteroatoms. The lowest BCUT2D eigenvalue weighted by molar-refractivity contribution is 0.668. The third kappa shape index (κ3) is 5.28. The molecule has 1 aliphatic rings. The molecule has 0 N–H and O–H groups in total. The smallest absolute Gasteiger partial charge is 0.164 e. The number of para-hydroxylation sites is 1. The Morgan fingerprint density at radius 3 is 2.22 bits per heavy atom. The second-order valence-electron chi connectivity index (χ2n) is 15.2. The van der Waals surface area contributed by atoms with Gasteiger partial charge in [0.25, 0.3) is 0 Å². The Morgan fingerprint density at radius 2 is 1.28 bits per heavy atom. The molecular weight excluding hydrogens is 709 g/mol. The topological polar surface area (TPSA) is 56.7 Å². The van der Waals surface area contributed by atoms with E-state index in [1.54, 1.807) is 0 Å². The van der Waals surface area contributed by atoms with Crippen LogP contribution in [0, 0.1) is 0 Å². The minimum absolute atomic E-state index is 0.00679. The molecule has 1 atom stereocenters. The Hall–Kier alpha value is -7.63. The molecule has 0 radical (unpaired) electrons. The summed E-state index contributed by atoms with van der Waals surface area (Å²) in [5.41, 5.74) is 11.7. The van der Waals surface area contributed by atoms with Crippen molar-refractivity contribution >= 4 is 60.6 Å². The first-order chi connectivity index (χ1) is 28.7. The highest BCUT2D eigenvalue weighted by molar-refractivity contribution is 6.13. The molecule has 272 valence electrons. The quantitative estimate of drug-likeness (QED) is 0.176. The van der Waals surface area contributed by atoms with Crippen LogP contribution in [0.4, 0.5) is 0 Å². The van der Waals surface area contributed by atoms with E-state index in [4.69, 9.17) is 19.4 Å². The lowest BCUT2D eigenvalue weighted by Gasteiger charge is -2.19. The van der Waals surface area contributed by atoms with Crippen molar-refractivity contribution in [1.82, 2.24) is 19.5 Å². The van der Waals surface area contributed by atoms with Gasteiger partial charge in [-0.15, -0.1) is 0 Å². The molecule has 5 nitrogen and oxygen atoms in total. The average molecular weight is 743 g/mol. The van der Waals surface area contributed by atoms with E-state index in [2.05, 4.69) is 181 Å². The molecule has 8 aromatic carbocycles. The van der Waals surface area contributed by atoms with Crippen LogP contribution in [0.25, 0.3) is 100 Å². The molecule has 0 saturated carbocycles. The fraction of sp³-hybridized carbons (Fsp3) is 0.0377. The van der Waals surface area contributed by atoms with E-state index in [1.165, 1.54) is 38.4 Å². The Labute approximate surface area is 334 Å². The summed E-state index contributed by atoms with van der Waals surface area (Å²) < 4.78 is 9.08. The number of allylic oxidation sites excluding steroid dienone is 1. The van der Waals surface area contributed by atoms with Crippen LogP contribution in [0.1, 0.15) is 22.9 Å². The largest absolute Gasteiger partial charge is 0.456 e. The molecule has 3 heterocycles. The van der Waals surface area contributed by atoms with E-state index in [9.17, 15) is 0 Å². The van der Waals surface area contributed by atoms with Crippen LogP contribution in [-0.4, -0.2) is 19.5 Å². The highest BCUT2D eigenvalue weighted by Crippen LogP contribution is 2.40. The summed E-state index contributed by atoms with van der Waals surface area (Å²) in [5.74, 6) is 2.06. The molecule has 12 rings (SSSR count). The van der Waals surface area contributed by atoms with Gasteiger partial charge in [0.05, 0.1) is 11.0 Å². The highest BCUT2D eigenvalue weighted by Gasteiger charge is 2.23. The summed E-state index contributed by atoms with van der Waals surface area (Å²) in [6.07, 6.45) is 5.26. The predicted octanol–water partition coefficient (Wildman–Crippen LogP) is 13.4. The lowest BCUT2D eigenvalue weighted by Crippen LogP contribution is -2.12. The summed E-state index contributed by atoms with van der Waals surface area (Å²) in [7, 11) is 0. The third-order valence-corrected chi connectivity index (χ3v) is 11.8. The van der Waals surface area contributed by atoms with E-state index >= 15 is 0 Å². The van der Waals surface area contributed by atoms with Crippen LogP contribution in [0.5, 0.6) is 0 Å². The number of aromatic nitrogens is 4. The lowest BCUT2D eigenvalue weighted by atomic mass is 9.89. The molecular formula is C53H34N4O. The van der Waals surface area contributed by atoms with Crippen LogP contribution >= 0.6 is 0 Å². The van der Waals surface area contributed by atoms with E-state index in [0.29, 0.717) is 11.6 Å². The number of rotatable bonds is 5. The van der Waals surface area contributed by atoms with Crippen LogP contribution in [-0.2, 0) is 6.42 Å². The molecule has 0 fully saturated rings. The van der Waals surface area contributed by atoms with Gasteiger partial charge in [-0.3, -0.25) is 0 Å². The van der Waals surface area contributed by atoms with Crippen LogP contribution < -0.4 is 0 Å². The van der Waals surface area contributed by atoms with Crippen molar-refractivity contribution in [1.29, 1.82) is 0 Å². The van der Waals surface area contributed by atoms with Gasteiger partial charge in [-0.1, -0.05) is 146 Å². The summed E-state index contributed by atoms with van der Waals surface area (Å²) in [4.78, 5) is 15.7. The summed E-state index contributed by atoms with van der Waals surface area (Å²) in [5, 5.41) is 6.76. The first-order valence-electron chi connectivity index (χ1n) is 19.8. The number of hydrogen-bond donors (Lipinski definition) is 0. The molecule has 0 saturated heterocycles. The van der Waals surface area contributed by atoms with E-state index in [0.717, 1.165) is 67.4 Å². The van der Waals surface area contributed by atoms with Crippen LogP contribution in [0.2, 0.25) is 0 Å². The first kappa shape index (κ1) is 32.6. The van der Waals surface area contributed by atoms with Gasteiger partial charge >= 0.3 is 0 Å². The molecule has 11 aromatic rings. The third-order valence-electron chi connectivity index (χ3n) is 11.8. The number of benzene rings is 8. The van der Waals surface area contributed by atoms with Gasteiger partial charge in [0.2, 0.25) is 0 Å².